The molecule has 0 radical (unpaired) electrons. The number of ether oxygens (including phenoxy) is 1. The van der Waals surface area contributed by atoms with E-state index in [1.807, 2.05) is 25.7 Å². The van der Waals surface area contributed by atoms with E-state index in [0.29, 0.717) is 38.4 Å². The van der Waals surface area contributed by atoms with Crippen LogP contribution in [0, 0.1) is 0 Å². The first-order valence-electron chi connectivity index (χ1n) is 9.72. The van der Waals surface area contributed by atoms with E-state index < -0.39 is 16.7 Å². The summed E-state index contributed by atoms with van der Waals surface area (Å²) < 4.78 is 27.3. The summed E-state index contributed by atoms with van der Waals surface area (Å²) in [4.78, 5) is 34.5. The summed E-state index contributed by atoms with van der Waals surface area (Å²) in [6.45, 7) is 8.25. The fourth-order valence-corrected chi connectivity index (χ4v) is 3.89. The molecule has 3 heterocycles. The van der Waals surface area contributed by atoms with Crippen LogP contribution in [-0.2, 0) is 22.4 Å². The maximum Gasteiger partial charge on any atom is 0.410 e. The lowest BCUT2D eigenvalue weighted by Gasteiger charge is -2.37. The van der Waals surface area contributed by atoms with Crippen LogP contribution in [0.25, 0.3) is 0 Å². The molecule has 2 saturated heterocycles. The highest BCUT2D eigenvalue weighted by atomic mass is 32.2. The number of likely N-dealkylation sites (tertiary alicyclic amines) is 1. The molecule has 3 amide bonds. The first-order valence-corrected chi connectivity index (χ1v) is 10.8. The van der Waals surface area contributed by atoms with Gasteiger partial charge in [0.2, 0.25) is 0 Å². The van der Waals surface area contributed by atoms with Gasteiger partial charge in [-0.1, -0.05) is 0 Å². The van der Waals surface area contributed by atoms with Crippen LogP contribution in [0.15, 0.2) is 23.2 Å². The molecule has 3 rings (SSSR count). The molecule has 0 bridgehead atoms. The van der Waals surface area contributed by atoms with Crippen LogP contribution < -0.4 is 0 Å². The smallest absolute Gasteiger partial charge is 0.410 e. The van der Waals surface area contributed by atoms with E-state index >= 15 is 0 Å². The van der Waals surface area contributed by atoms with Gasteiger partial charge in [-0.05, 0) is 56.8 Å². The minimum atomic E-state index is -2.31. The highest BCUT2D eigenvalue weighted by Crippen LogP contribution is 2.23. The van der Waals surface area contributed by atoms with E-state index in [4.69, 9.17) is 4.74 Å². The number of urea groups is 1. The highest BCUT2D eigenvalue weighted by molar-refractivity contribution is 7.79. The fourth-order valence-electron chi connectivity index (χ4n) is 3.57. The van der Waals surface area contributed by atoms with Crippen LogP contribution in [0.2, 0.25) is 0 Å². The Balaban J connectivity index is 1.51. The molecular formula is C19H27N4O5S-. The fraction of sp³-hybridized carbons (Fsp3) is 0.632. The van der Waals surface area contributed by atoms with E-state index in [1.54, 1.807) is 15.9 Å². The lowest BCUT2D eigenvalue weighted by atomic mass is 10.0. The molecule has 2 fully saturated rings. The predicted molar refractivity (Wildman–Crippen MR) is 105 cm³/mol. The normalized spacial score (nSPS) is 19.6. The van der Waals surface area contributed by atoms with Gasteiger partial charge >= 0.3 is 12.1 Å². The maximum absolute atomic E-state index is 12.8. The molecule has 1 atom stereocenters. The minimum Gasteiger partial charge on any atom is -0.768 e. The second-order valence-electron chi connectivity index (χ2n) is 8.32. The predicted octanol–water partition coefficient (Wildman–Crippen LogP) is 1.96. The summed E-state index contributed by atoms with van der Waals surface area (Å²) in [5.74, 6) is 0. The molecule has 2 aliphatic heterocycles. The molecule has 0 aromatic carbocycles. The summed E-state index contributed by atoms with van der Waals surface area (Å²) in [6.07, 6.45) is 2.43. The molecule has 0 saturated carbocycles. The number of amides is 3. The summed E-state index contributed by atoms with van der Waals surface area (Å²) in [5.41, 5.74) is 0.128. The Morgan fingerprint density at radius 3 is 2.48 bits per heavy atom. The van der Waals surface area contributed by atoms with Gasteiger partial charge in [-0.3, -0.25) is 9.19 Å². The van der Waals surface area contributed by atoms with Gasteiger partial charge in [-0.25, -0.2) is 9.59 Å². The molecule has 1 aromatic heterocycles. The van der Waals surface area contributed by atoms with Crippen molar-refractivity contribution in [2.75, 3.05) is 26.2 Å². The van der Waals surface area contributed by atoms with Gasteiger partial charge in [0.25, 0.3) is 0 Å². The number of rotatable bonds is 4. The summed E-state index contributed by atoms with van der Waals surface area (Å²) in [7, 11) is 0. The zero-order valence-electron chi connectivity index (χ0n) is 17.0. The number of aromatic nitrogens is 1. The Bertz CT molecular complexity index is 772. The SMILES string of the molecule is CC(C)(C)OC(=O)N1CCC(N2CCN(Cc3ccc(S(=O)[O-])cn3)C2=O)CC1. The Kier molecular flexibility index (Phi) is 6.42. The molecule has 1 unspecified atom stereocenters. The summed E-state index contributed by atoms with van der Waals surface area (Å²) >= 11 is -2.31. The largest absolute Gasteiger partial charge is 0.768 e. The van der Waals surface area contributed by atoms with Gasteiger partial charge in [0.15, 0.2) is 0 Å². The first-order chi connectivity index (χ1) is 13.6. The van der Waals surface area contributed by atoms with E-state index in [1.165, 1.54) is 12.3 Å². The molecule has 0 N–H and O–H groups in total. The molecule has 9 nitrogen and oxygen atoms in total. The van der Waals surface area contributed by atoms with Crippen molar-refractivity contribution >= 4 is 23.2 Å². The van der Waals surface area contributed by atoms with Gasteiger partial charge in [0, 0.05) is 43.3 Å². The number of piperidine rings is 1. The van der Waals surface area contributed by atoms with Crippen molar-refractivity contribution in [1.82, 2.24) is 19.7 Å². The minimum absolute atomic E-state index is 0.0426. The topological polar surface area (TPSA) is 106 Å². The third kappa shape index (κ3) is 5.45. The Morgan fingerprint density at radius 1 is 1.24 bits per heavy atom. The van der Waals surface area contributed by atoms with Crippen LogP contribution in [0.5, 0.6) is 0 Å². The van der Waals surface area contributed by atoms with Crippen LogP contribution in [-0.4, -0.2) is 78.4 Å². The zero-order chi connectivity index (χ0) is 21.2. The maximum atomic E-state index is 12.8. The van der Waals surface area contributed by atoms with Gasteiger partial charge < -0.3 is 24.0 Å². The van der Waals surface area contributed by atoms with Crippen molar-refractivity contribution in [3.05, 3.63) is 24.0 Å². The van der Waals surface area contributed by atoms with Crippen LogP contribution in [0.1, 0.15) is 39.3 Å². The molecule has 1 aromatic rings. The van der Waals surface area contributed by atoms with Crippen LogP contribution >= 0.6 is 0 Å². The Hall–Kier alpha value is -2.20. The average molecular weight is 424 g/mol. The van der Waals surface area contributed by atoms with Gasteiger partial charge in [0.05, 0.1) is 12.2 Å². The van der Waals surface area contributed by atoms with Gasteiger partial charge in [-0.15, -0.1) is 0 Å². The zero-order valence-corrected chi connectivity index (χ0v) is 17.8. The van der Waals surface area contributed by atoms with Gasteiger partial charge in [0.1, 0.15) is 5.60 Å². The van der Waals surface area contributed by atoms with Crippen molar-refractivity contribution in [1.29, 1.82) is 0 Å². The molecule has 29 heavy (non-hydrogen) atoms. The number of carbonyl (C=O) groups excluding carboxylic acids is 2. The number of nitrogens with zero attached hydrogens (tertiary/aromatic N) is 4. The van der Waals surface area contributed by atoms with Crippen LogP contribution in [0.4, 0.5) is 9.59 Å². The second-order valence-corrected chi connectivity index (χ2v) is 9.26. The monoisotopic (exact) mass is 423 g/mol. The number of hydrogen-bond acceptors (Lipinski definition) is 6. The van der Waals surface area contributed by atoms with E-state index in [2.05, 4.69) is 4.98 Å². The van der Waals surface area contributed by atoms with Crippen molar-refractivity contribution < 1.29 is 23.1 Å². The lowest BCUT2D eigenvalue weighted by molar-refractivity contribution is 0.0170. The highest BCUT2D eigenvalue weighted by Gasteiger charge is 2.36. The van der Waals surface area contributed by atoms with E-state index in [-0.39, 0.29) is 23.1 Å². The van der Waals surface area contributed by atoms with E-state index in [0.717, 1.165) is 12.8 Å². The molecule has 160 valence electrons. The third-order valence-electron chi connectivity index (χ3n) is 5.03. The standard InChI is InChI=1S/C19H28N4O5S/c1-19(2,3)28-18(25)21-8-6-15(7-9-21)23-11-10-22(17(23)24)13-14-4-5-16(12-20-14)29(26)27/h4-5,12,15H,6-11,13H2,1-3H3,(H,26,27)/p-1. The molecular weight excluding hydrogens is 396 g/mol. The molecule has 10 heteroatoms. The van der Waals surface area contributed by atoms with Crippen molar-refractivity contribution in [3.8, 4) is 0 Å². The first kappa shape index (κ1) is 21.5. The third-order valence-corrected chi connectivity index (χ3v) is 5.65. The number of hydrogen-bond donors (Lipinski definition) is 0. The summed E-state index contributed by atoms with van der Waals surface area (Å²) in [6, 6.07) is 3.17. The molecule has 2 aliphatic rings. The van der Waals surface area contributed by atoms with Gasteiger partial charge in [-0.2, -0.15) is 0 Å². The molecule has 0 spiro atoms. The number of pyridine rings is 1. The van der Waals surface area contributed by atoms with Crippen molar-refractivity contribution in [3.63, 3.8) is 0 Å². The lowest BCUT2D eigenvalue weighted by Crippen LogP contribution is -2.49. The molecule has 0 aliphatic carbocycles. The number of carbonyl (C=O) groups is 2. The Labute approximate surface area is 173 Å². The van der Waals surface area contributed by atoms with Crippen LogP contribution in [0.3, 0.4) is 0 Å². The van der Waals surface area contributed by atoms with Crippen molar-refractivity contribution in [2.24, 2.45) is 0 Å². The Morgan fingerprint density at radius 2 is 1.93 bits per heavy atom. The average Bonchev–Trinajstić information content (AvgIpc) is 3.01. The summed E-state index contributed by atoms with van der Waals surface area (Å²) in [5, 5.41) is 0. The second kappa shape index (κ2) is 8.66. The quantitative estimate of drug-likeness (QED) is 0.686. The van der Waals surface area contributed by atoms with E-state index in [9.17, 15) is 18.4 Å². The van der Waals surface area contributed by atoms with Crippen molar-refractivity contribution in [2.45, 2.75) is 56.7 Å².